The van der Waals surface area contributed by atoms with Crippen LogP contribution in [0, 0.1) is 0 Å². The Labute approximate surface area is 141 Å². The summed E-state index contributed by atoms with van der Waals surface area (Å²) < 4.78 is 9.25. The van der Waals surface area contributed by atoms with Gasteiger partial charge < -0.3 is 9.30 Å². The highest BCUT2D eigenvalue weighted by atomic mass is 16.5. The highest BCUT2D eigenvalue weighted by molar-refractivity contribution is 5.68. The smallest absolute Gasteiger partial charge is 0.254 e. The molecule has 5 heteroatoms. The minimum Gasteiger partial charge on any atom is -0.490 e. The molecule has 2 aromatic heterocycles. The zero-order chi connectivity index (χ0) is 17.1. The number of aryl methyl sites for hydroxylation is 1. The van der Waals surface area contributed by atoms with Gasteiger partial charge in [0.05, 0.1) is 18.8 Å². The van der Waals surface area contributed by atoms with E-state index in [2.05, 4.69) is 17.2 Å². The maximum absolute atomic E-state index is 11.9. The Kier molecular flexibility index (Phi) is 4.51. The fraction of sp³-hybridized carbons (Fsp3) is 0.263. The van der Waals surface area contributed by atoms with Gasteiger partial charge in [-0.25, -0.2) is 0 Å². The van der Waals surface area contributed by atoms with E-state index in [-0.39, 0.29) is 11.7 Å². The molecule has 24 heavy (non-hydrogen) atoms. The number of pyridine rings is 1. The number of aromatic nitrogens is 3. The first-order valence-corrected chi connectivity index (χ1v) is 7.97. The van der Waals surface area contributed by atoms with Crippen LogP contribution in [-0.4, -0.2) is 20.5 Å². The molecule has 0 radical (unpaired) electrons. The Balaban J connectivity index is 1.94. The molecule has 0 unspecified atom stereocenters. The van der Waals surface area contributed by atoms with Crippen molar-refractivity contribution in [2.24, 2.45) is 7.05 Å². The Morgan fingerprint density at radius 2 is 1.92 bits per heavy atom. The predicted molar refractivity (Wildman–Crippen MR) is 94.2 cm³/mol. The molecular weight excluding hydrogens is 302 g/mol. The van der Waals surface area contributed by atoms with E-state index in [9.17, 15) is 4.79 Å². The zero-order valence-corrected chi connectivity index (χ0v) is 14.1. The third-order valence-corrected chi connectivity index (χ3v) is 3.68. The SMILES string of the molecule is CC(C)Oc1cc(=O)n(C)cc1-c1cnn(Cc2ccccc2)c1. The molecule has 0 aliphatic carbocycles. The van der Waals surface area contributed by atoms with Crippen LogP contribution in [-0.2, 0) is 13.6 Å². The molecule has 3 rings (SSSR count). The highest BCUT2D eigenvalue weighted by Gasteiger charge is 2.12. The van der Waals surface area contributed by atoms with Gasteiger partial charge in [0.25, 0.3) is 5.56 Å². The second-order valence-corrected chi connectivity index (χ2v) is 6.08. The van der Waals surface area contributed by atoms with Gasteiger partial charge in [-0.05, 0) is 19.4 Å². The monoisotopic (exact) mass is 323 g/mol. The number of hydrogen-bond donors (Lipinski definition) is 0. The highest BCUT2D eigenvalue weighted by Crippen LogP contribution is 2.29. The molecule has 0 amide bonds. The minimum absolute atomic E-state index is 0.00443. The Morgan fingerprint density at radius 3 is 2.62 bits per heavy atom. The molecule has 0 atom stereocenters. The van der Waals surface area contributed by atoms with Crippen LogP contribution in [0.15, 0.2) is 59.8 Å². The van der Waals surface area contributed by atoms with E-state index in [0.29, 0.717) is 12.3 Å². The maximum atomic E-state index is 11.9. The Bertz CT molecular complexity index is 879. The molecule has 0 spiro atoms. The van der Waals surface area contributed by atoms with Crippen molar-refractivity contribution in [1.82, 2.24) is 14.3 Å². The summed E-state index contributed by atoms with van der Waals surface area (Å²) in [4.78, 5) is 11.9. The topological polar surface area (TPSA) is 49.1 Å². The summed E-state index contributed by atoms with van der Waals surface area (Å²) >= 11 is 0. The van der Waals surface area contributed by atoms with Crippen LogP contribution < -0.4 is 10.3 Å². The molecule has 5 nitrogen and oxygen atoms in total. The van der Waals surface area contributed by atoms with Gasteiger partial charge in [0.1, 0.15) is 5.75 Å². The van der Waals surface area contributed by atoms with Crippen LogP contribution in [0.3, 0.4) is 0 Å². The first kappa shape index (κ1) is 16.1. The van der Waals surface area contributed by atoms with E-state index in [1.165, 1.54) is 11.6 Å². The van der Waals surface area contributed by atoms with Crippen molar-refractivity contribution >= 4 is 0 Å². The number of hydrogen-bond acceptors (Lipinski definition) is 3. The molecule has 1 aromatic carbocycles. The molecule has 3 aromatic rings. The van der Waals surface area contributed by atoms with Crippen molar-refractivity contribution < 1.29 is 4.74 Å². The van der Waals surface area contributed by atoms with Crippen LogP contribution in [0.5, 0.6) is 5.75 Å². The van der Waals surface area contributed by atoms with Gasteiger partial charge in [-0.15, -0.1) is 0 Å². The lowest BCUT2D eigenvalue weighted by Gasteiger charge is -2.14. The van der Waals surface area contributed by atoms with Gasteiger partial charge >= 0.3 is 0 Å². The molecule has 124 valence electrons. The van der Waals surface area contributed by atoms with Gasteiger partial charge in [0.15, 0.2) is 0 Å². The Morgan fingerprint density at radius 1 is 1.17 bits per heavy atom. The predicted octanol–water partition coefficient (Wildman–Crippen LogP) is 3.08. The van der Waals surface area contributed by atoms with Gasteiger partial charge in [0.2, 0.25) is 0 Å². The molecule has 0 saturated carbocycles. The molecule has 2 heterocycles. The fourth-order valence-electron chi connectivity index (χ4n) is 2.54. The maximum Gasteiger partial charge on any atom is 0.254 e. The average Bonchev–Trinajstić information content (AvgIpc) is 2.99. The van der Waals surface area contributed by atoms with Crippen molar-refractivity contribution in [2.75, 3.05) is 0 Å². The molecule has 0 bridgehead atoms. The van der Waals surface area contributed by atoms with Gasteiger partial charge in [0, 0.05) is 36.6 Å². The fourth-order valence-corrected chi connectivity index (χ4v) is 2.54. The quantitative estimate of drug-likeness (QED) is 0.725. The van der Waals surface area contributed by atoms with E-state index in [0.717, 1.165) is 11.1 Å². The summed E-state index contributed by atoms with van der Waals surface area (Å²) in [5, 5.41) is 4.43. The van der Waals surface area contributed by atoms with E-state index in [1.807, 2.05) is 42.9 Å². The lowest BCUT2D eigenvalue weighted by Crippen LogP contribution is -2.17. The summed E-state index contributed by atoms with van der Waals surface area (Å²) in [7, 11) is 1.74. The third kappa shape index (κ3) is 3.56. The van der Waals surface area contributed by atoms with Crippen molar-refractivity contribution in [3.8, 4) is 16.9 Å². The van der Waals surface area contributed by atoms with Crippen LogP contribution >= 0.6 is 0 Å². The van der Waals surface area contributed by atoms with Crippen LogP contribution in [0.1, 0.15) is 19.4 Å². The van der Waals surface area contributed by atoms with E-state index < -0.39 is 0 Å². The number of nitrogens with zero attached hydrogens (tertiary/aromatic N) is 3. The van der Waals surface area contributed by atoms with Gasteiger partial charge in [-0.1, -0.05) is 30.3 Å². The summed E-state index contributed by atoms with van der Waals surface area (Å²) in [6.07, 6.45) is 5.56. The summed E-state index contributed by atoms with van der Waals surface area (Å²) in [6.45, 7) is 4.59. The normalized spacial score (nSPS) is 11.0. The van der Waals surface area contributed by atoms with Crippen molar-refractivity contribution in [3.05, 3.63) is 70.9 Å². The second kappa shape index (κ2) is 6.74. The number of benzene rings is 1. The van der Waals surface area contributed by atoms with E-state index >= 15 is 0 Å². The second-order valence-electron chi connectivity index (χ2n) is 6.08. The van der Waals surface area contributed by atoms with E-state index in [1.54, 1.807) is 24.0 Å². The first-order valence-electron chi connectivity index (χ1n) is 7.97. The van der Waals surface area contributed by atoms with Crippen molar-refractivity contribution in [1.29, 1.82) is 0 Å². The first-order chi connectivity index (χ1) is 11.5. The number of ether oxygens (including phenoxy) is 1. The molecule has 0 N–H and O–H groups in total. The molecule has 0 aliphatic rings. The summed E-state index contributed by atoms with van der Waals surface area (Å²) in [6, 6.07) is 11.7. The standard InChI is InChI=1S/C19H21N3O2/c1-14(2)24-18-9-19(23)21(3)13-17(18)16-10-20-22(12-16)11-15-7-5-4-6-8-15/h4-10,12-14H,11H2,1-3H3. The zero-order valence-electron chi connectivity index (χ0n) is 14.1. The summed E-state index contributed by atoms with van der Waals surface area (Å²) in [5.74, 6) is 0.590. The average molecular weight is 323 g/mol. The molecule has 0 fully saturated rings. The largest absolute Gasteiger partial charge is 0.490 e. The minimum atomic E-state index is -0.0916. The van der Waals surface area contributed by atoms with Crippen LogP contribution in [0.25, 0.3) is 11.1 Å². The van der Waals surface area contributed by atoms with Crippen LogP contribution in [0.2, 0.25) is 0 Å². The number of rotatable bonds is 5. The summed E-state index contributed by atoms with van der Waals surface area (Å²) in [5.41, 5.74) is 2.89. The molecule has 0 saturated heterocycles. The molecule has 0 aliphatic heterocycles. The lowest BCUT2D eigenvalue weighted by molar-refractivity contribution is 0.242. The van der Waals surface area contributed by atoms with Crippen molar-refractivity contribution in [2.45, 2.75) is 26.5 Å². The van der Waals surface area contributed by atoms with Gasteiger partial charge in [-0.3, -0.25) is 9.48 Å². The third-order valence-electron chi connectivity index (χ3n) is 3.68. The lowest BCUT2D eigenvalue weighted by atomic mass is 10.1. The Hall–Kier alpha value is -2.82. The molecular formula is C19H21N3O2. The van der Waals surface area contributed by atoms with Crippen molar-refractivity contribution in [3.63, 3.8) is 0 Å². The van der Waals surface area contributed by atoms with Crippen LogP contribution in [0.4, 0.5) is 0 Å². The van der Waals surface area contributed by atoms with E-state index in [4.69, 9.17) is 4.74 Å². The van der Waals surface area contributed by atoms with Gasteiger partial charge in [-0.2, -0.15) is 5.10 Å².